The van der Waals surface area contributed by atoms with Crippen molar-refractivity contribution in [1.29, 1.82) is 0 Å². The molecule has 0 fully saturated rings. The van der Waals surface area contributed by atoms with Crippen LogP contribution in [0.3, 0.4) is 0 Å². The first-order chi connectivity index (χ1) is 6.79. The number of carbonyl (C=O) groups is 1. The van der Waals surface area contributed by atoms with Gasteiger partial charge in [-0.05, 0) is 11.6 Å². The standard InChI is InChI=1S/C10H8N2O2.Na.H/c13-10(14)9-4-2-1-3-8(9)7-5-11-12-6-7;;/h1-6H,(H,11,12)(H,13,14);;/q;+1;-1. The minimum Gasteiger partial charge on any atom is -1.00 e. The molecule has 0 aliphatic carbocycles. The van der Waals surface area contributed by atoms with Crippen molar-refractivity contribution in [3.05, 3.63) is 42.2 Å². The van der Waals surface area contributed by atoms with E-state index < -0.39 is 5.97 Å². The quantitative estimate of drug-likeness (QED) is 0.620. The van der Waals surface area contributed by atoms with E-state index in [1.54, 1.807) is 36.7 Å². The average Bonchev–Trinajstić information content (AvgIpc) is 2.70. The maximum absolute atomic E-state index is 10.9. The molecule has 2 rings (SSSR count). The van der Waals surface area contributed by atoms with Crippen LogP contribution in [0.15, 0.2) is 36.7 Å². The Bertz CT molecular complexity index is 460. The van der Waals surface area contributed by atoms with Gasteiger partial charge in [-0.1, -0.05) is 18.2 Å². The summed E-state index contributed by atoms with van der Waals surface area (Å²) in [4.78, 5) is 10.9. The van der Waals surface area contributed by atoms with Gasteiger partial charge in [0, 0.05) is 11.8 Å². The molecule has 5 heteroatoms. The van der Waals surface area contributed by atoms with Gasteiger partial charge in [-0.25, -0.2) is 4.79 Å². The molecular weight excluding hydrogens is 203 g/mol. The van der Waals surface area contributed by atoms with Gasteiger partial charge >= 0.3 is 35.5 Å². The number of carboxylic acid groups (broad SMARTS) is 1. The van der Waals surface area contributed by atoms with Crippen molar-refractivity contribution in [2.24, 2.45) is 0 Å². The van der Waals surface area contributed by atoms with E-state index in [4.69, 9.17) is 5.11 Å². The molecule has 1 heterocycles. The number of nitrogens with one attached hydrogen (secondary N) is 1. The summed E-state index contributed by atoms with van der Waals surface area (Å²) in [5.41, 5.74) is 1.74. The smallest absolute Gasteiger partial charge is 1.00 e. The molecule has 0 bridgehead atoms. The Balaban J connectivity index is 0.00000112. The summed E-state index contributed by atoms with van der Waals surface area (Å²) in [7, 11) is 0. The topological polar surface area (TPSA) is 66.0 Å². The minimum atomic E-state index is -0.929. The Hall–Kier alpha value is -1.10. The molecule has 0 aliphatic heterocycles. The van der Waals surface area contributed by atoms with Gasteiger partial charge < -0.3 is 6.53 Å². The van der Waals surface area contributed by atoms with Crippen molar-refractivity contribution in [3.63, 3.8) is 0 Å². The summed E-state index contributed by atoms with van der Waals surface area (Å²) in [6.45, 7) is 0. The zero-order chi connectivity index (χ0) is 9.97. The number of rotatable bonds is 2. The second kappa shape index (κ2) is 5.11. The maximum atomic E-state index is 10.9. The largest absolute Gasteiger partial charge is 1.00 e. The summed E-state index contributed by atoms with van der Waals surface area (Å²) >= 11 is 0. The van der Waals surface area contributed by atoms with Crippen molar-refractivity contribution in [2.75, 3.05) is 0 Å². The third-order valence-electron chi connectivity index (χ3n) is 1.97. The summed E-state index contributed by atoms with van der Waals surface area (Å²) < 4.78 is 0. The molecular formula is C10H9N2NaO2. The normalized spacial score (nSPS) is 9.33. The number of aromatic amines is 1. The van der Waals surface area contributed by atoms with Crippen molar-refractivity contribution >= 4 is 5.97 Å². The van der Waals surface area contributed by atoms with Crippen LogP contribution in [0.25, 0.3) is 11.1 Å². The van der Waals surface area contributed by atoms with Gasteiger partial charge in [0.1, 0.15) is 0 Å². The second-order valence-electron chi connectivity index (χ2n) is 2.84. The van der Waals surface area contributed by atoms with E-state index in [2.05, 4.69) is 10.2 Å². The van der Waals surface area contributed by atoms with Crippen LogP contribution < -0.4 is 29.6 Å². The SMILES string of the molecule is O=C(O)c1ccccc1-c1cn[nH]c1.[H-].[Na+]. The second-order valence-corrected chi connectivity index (χ2v) is 2.84. The molecule has 4 nitrogen and oxygen atoms in total. The number of hydrogen-bond acceptors (Lipinski definition) is 2. The van der Waals surface area contributed by atoms with E-state index in [0.29, 0.717) is 5.56 Å². The molecule has 0 atom stereocenters. The van der Waals surface area contributed by atoms with Crippen LogP contribution in [-0.4, -0.2) is 21.3 Å². The first-order valence-corrected chi connectivity index (χ1v) is 4.10. The van der Waals surface area contributed by atoms with Gasteiger partial charge in [0.15, 0.2) is 0 Å². The molecule has 2 N–H and O–H groups in total. The van der Waals surface area contributed by atoms with Gasteiger partial charge in [0.05, 0.1) is 11.8 Å². The fourth-order valence-corrected chi connectivity index (χ4v) is 1.32. The fraction of sp³-hybridized carbons (Fsp3) is 0. The minimum absolute atomic E-state index is 0. The summed E-state index contributed by atoms with van der Waals surface area (Å²) in [5, 5.41) is 15.4. The predicted octanol–water partition coefficient (Wildman–Crippen LogP) is -1.11. The molecule has 0 amide bonds. The average molecular weight is 212 g/mol. The molecule has 2 aromatic rings. The van der Waals surface area contributed by atoms with E-state index in [1.165, 1.54) is 0 Å². The number of aromatic carboxylic acids is 1. The maximum Gasteiger partial charge on any atom is 1.00 e. The van der Waals surface area contributed by atoms with Crippen molar-refractivity contribution in [2.45, 2.75) is 0 Å². The van der Waals surface area contributed by atoms with E-state index in [9.17, 15) is 4.79 Å². The van der Waals surface area contributed by atoms with Crippen LogP contribution in [0.1, 0.15) is 11.8 Å². The van der Waals surface area contributed by atoms with Crippen LogP contribution in [0.4, 0.5) is 0 Å². The van der Waals surface area contributed by atoms with Gasteiger partial charge in [-0.2, -0.15) is 5.10 Å². The Kier molecular flexibility index (Phi) is 4.08. The predicted molar refractivity (Wildman–Crippen MR) is 52.1 cm³/mol. The zero-order valence-corrected chi connectivity index (χ0v) is 10.3. The van der Waals surface area contributed by atoms with Crippen LogP contribution in [0.2, 0.25) is 0 Å². The van der Waals surface area contributed by atoms with Crippen LogP contribution in [-0.2, 0) is 0 Å². The summed E-state index contributed by atoms with van der Waals surface area (Å²) in [6.07, 6.45) is 3.27. The van der Waals surface area contributed by atoms with E-state index >= 15 is 0 Å². The van der Waals surface area contributed by atoms with Crippen LogP contribution >= 0.6 is 0 Å². The molecule has 1 aromatic carbocycles. The monoisotopic (exact) mass is 212 g/mol. The molecule has 0 saturated carbocycles. The number of H-pyrrole nitrogens is 1. The Labute approximate surface area is 110 Å². The summed E-state index contributed by atoms with van der Waals surface area (Å²) in [5.74, 6) is -0.929. The number of nitrogens with zero attached hydrogens (tertiary/aromatic N) is 1. The van der Waals surface area contributed by atoms with Crippen LogP contribution in [0.5, 0.6) is 0 Å². The number of hydrogen-bond donors (Lipinski definition) is 2. The molecule has 0 aliphatic rings. The number of aromatic nitrogens is 2. The molecule has 0 unspecified atom stereocenters. The first-order valence-electron chi connectivity index (χ1n) is 4.10. The Morgan fingerprint density at radius 3 is 2.73 bits per heavy atom. The molecule has 0 radical (unpaired) electrons. The van der Waals surface area contributed by atoms with Crippen molar-refractivity contribution in [1.82, 2.24) is 10.2 Å². The number of benzene rings is 1. The van der Waals surface area contributed by atoms with Gasteiger partial charge in [0.25, 0.3) is 0 Å². The first kappa shape index (κ1) is 12.0. The molecule has 0 saturated heterocycles. The fourth-order valence-electron chi connectivity index (χ4n) is 1.32. The third kappa shape index (κ3) is 2.47. The summed E-state index contributed by atoms with van der Waals surface area (Å²) in [6, 6.07) is 6.83. The van der Waals surface area contributed by atoms with E-state index in [0.717, 1.165) is 5.56 Å². The third-order valence-corrected chi connectivity index (χ3v) is 1.97. The van der Waals surface area contributed by atoms with Crippen molar-refractivity contribution in [3.8, 4) is 11.1 Å². The molecule has 1 aromatic heterocycles. The number of carboxylic acids is 1. The molecule has 72 valence electrons. The van der Waals surface area contributed by atoms with Gasteiger partial charge in [-0.15, -0.1) is 0 Å². The van der Waals surface area contributed by atoms with Crippen molar-refractivity contribution < 1.29 is 40.9 Å². The molecule has 15 heavy (non-hydrogen) atoms. The zero-order valence-electron chi connectivity index (χ0n) is 9.27. The van der Waals surface area contributed by atoms with Gasteiger partial charge in [-0.3, -0.25) is 5.10 Å². The van der Waals surface area contributed by atoms with Crippen LogP contribution in [0, 0.1) is 0 Å². The molecule has 0 spiro atoms. The van der Waals surface area contributed by atoms with E-state index in [1.807, 2.05) is 0 Å². The van der Waals surface area contributed by atoms with E-state index in [-0.39, 0.29) is 36.5 Å². The van der Waals surface area contributed by atoms with Gasteiger partial charge in [0.2, 0.25) is 0 Å². The Morgan fingerprint density at radius 1 is 1.40 bits per heavy atom. The Morgan fingerprint density at radius 2 is 2.13 bits per heavy atom.